The van der Waals surface area contributed by atoms with Crippen molar-refractivity contribution in [1.82, 2.24) is 10.2 Å². The molecule has 0 aliphatic carbocycles. The number of carbonyl (C=O) groups is 1. The molecule has 1 rings (SSSR count). The van der Waals surface area contributed by atoms with Gasteiger partial charge in [0.1, 0.15) is 16.4 Å². The second-order valence-corrected chi connectivity index (χ2v) is 4.16. The lowest BCUT2D eigenvalue weighted by molar-refractivity contribution is -0.138. The van der Waals surface area contributed by atoms with Gasteiger partial charge < -0.3 is 20.7 Å². The van der Waals surface area contributed by atoms with Crippen molar-refractivity contribution in [1.29, 1.82) is 0 Å². The molecule has 0 atom stereocenters. The van der Waals surface area contributed by atoms with Crippen LogP contribution in [0, 0.1) is 0 Å². The monoisotopic (exact) mass is 257 g/mol. The molecule has 0 unspecified atom stereocenters. The number of likely N-dealkylation sites (tertiary alicyclic amines) is 1. The van der Waals surface area contributed by atoms with Crippen molar-refractivity contribution < 1.29 is 9.53 Å². The highest BCUT2D eigenvalue weighted by atomic mass is 32.1. The molecular formula is C11H19N3O2S. The van der Waals surface area contributed by atoms with Crippen LogP contribution in [-0.4, -0.2) is 42.6 Å². The molecule has 1 saturated heterocycles. The van der Waals surface area contributed by atoms with Crippen molar-refractivity contribution in [2.45, 2.75) is 19.8 Å². The maximum absolute atomic E-state index is 11.8. The van der Waals surface area contributed by atoms with Gasteiger partial charge in [0.15, 0.2) is 0 Å². The SMILES string of the molecule is CCOC(=O)C(C(=S)NC)=C(N)N1CCCC1. The number of ether oxygens (including phenoxy) is 1. The molecule has 0 amide bonds. The average molecular weight is 257 g/mol. The average Bonchev–Trinajstić information content (AvgIpc) is 2.82. The van der Waals surface area contributed by atoms with E-state index in [1.165, 1.54) is 0 Å². The van der Waals surface area contributed by atoms with E-state index in [0.717, 1.165) is 25.9 Å². The van der Waals surface area contributed by atoms with Crippen LogP contribution in [-0.2, 0) is 9.53 Å². The van der Waals surface area contributed by atoms with Crippen LogP contribution in [0.25, 0.3) is 0 Å². The van der Waals surface area contributed by atoms with E-state index in [4.69, 9.17) is 22.7 Å². The molecule has 0 aromatic rings. The van der Waals surface area contributed by atoms with Gasteiger partial charge in [-0.1, -0.05) is 12.2 Å². The number of carbonyl (C=O) groups excluding carboxylic acids is 1. The van der Waals surface area contributed by atoms with Gasteiger partial charge in [-0.15, -0.1) is 0 Å². The quantitative estimate of drug-likeness (QED) is 0.431. The normalized spacial score (nSPS) is 16.5. The van der Waals surface area contributed by atoms with Crippen LogP contribution >= 0.6 is 12.2 Å². The summed E-state index contributed by atoms with van der Waals surface area (Å²) < 4.78 is 4.98. The fraction of sp³-hybridized carbons (Fsp3) is 0.636. The third-order valence-electron chi connectivity index (χ3n) is 2.64. The molecule has 1 fully saturated rings. The minimum Gasteiger partial charge on any atom is -0.462 e. The number of hydrogen-bond donors (Lipinski definition) is 2. The molecule has 0 saturated carbocycles. The number of nitrogens with two attached hydrogens (primary N) is 1. The van der Waals surface area contributed by atoms with Crippen molar-refractivity contribution >= 4 is 23.2 Å². The van der Waals surface area contributed by atoms with Gasteiger partial charge in [-0.25, -0.2) is 4.79 Å². The van der Waals surface area contributed by atoms with Gasteiger partial charge in [0.2, 0.25) is 0 Å². The Morgan fingerprint density at radius 3 is 2.53 bits per heavy atom. The maximum atomic E-state index is 11.8. The molecule has 3 N–H and O–H groups in total. The van der Waals surface area contributed by atoms with Gasteiger partial charge >= 0.3 is 5.97 Å². The van der Waals surface area contributed by atoms with Crippen molar-refractivity contribution in [2.24, 2.45) is 5.73 Å². The van der Waals surface area contributed by atoms with E-state index >= 15 is 0 Å². The second-order valence-electron chi connectivity index (χ2n) is 3.75. The molecule has 1 aliphatic heterocycles. The molecule has 0 radical (unpaired) electrons. The summed E-state index contributed by atoms with van der Waals surface area (Å²) in [5.41, 5.74) is 6.28. The van der Waals surface area contributed by atoms with Crippen LogP contribution in [0.5, 0.6) is 0 Å². The van der Waals surface area contributed by atoms with Gasteiger partial charge in [0.05, 0.1) is 6.61 Å². The summed E-state index contributed by atoms with van der Waals surface area (Å²) in [5, 5.41) is 2.77. The lowest BCUT2D eigenvalue weighted by Crippen LogP contribution is -2.34. The number of likely N-dealkylation sites (N-methyl/N-ethyl adjacent to an activating group) is 1. The summed E-state index contributed by atoms with van der Waals surface area (Å²) in [7, 11) is 1.67. The topological polar surface area (TPSA) is 67.6 Å². The van der Waals surface area contributed by atoms with E-state index in [1.54, 1.807) is 14.0 Å². The molecule has 6 heteroatoms. The predicted molar refractivity (Wildman–Crippen MR) is 70.3 cm³/mol. The highest BCUT2D eigenvalue weighted by Crippen LogP contribution is 2.15. The van der Waals surface area contributed by atoms with Gasteiger partial charge in [0, 0.05) is 20.1 Å². The summed E-state index contributed by atoms with van der Waals surface area (Å²) in [5.74, 6) is -0.0449. The minimum atomic E-state index is -0.462. The fourth-order valence-electron chi connectivity index (χ4n) is 1.76. The molecule has 96 valence electrons. The summed E-state index contributed by atoms with van der Waals surface area (Å²) in [6.07, 6.45) is 2.17. The lowest BCUT2D eigenvalue weighted by atomic mass is 10.2. The fourth-order valence-corrected chi connectivity index (χ4v) is 1.95. The number of hydrogen-bond acceptors (Lipinski definition) is 5. The highest BCUT2D eigenvalue weighted by molar-refractivity contribution is 7.80. The summed E-state index contributed by atoms with van der Waals surface area (Å²) in [6, 6.07) is 0. The molecule has 0 spiro atoms. The second kappa shape index (κ2) is 6.44. The van der Waals surface area contributed by atoms with Crippen LogP contribution in [0.2, 0.25) is 0 Å². The summed E-state index contributed by atoms with van der Waals surface area (Å²) >= 11 is 5.10. The zero-order chi connectivity index (χ0) is 12.8. The van der Waals surface area contributed by atoms with Gasteiger partial charge in [0.25, 0.3) is 0 Å². The first kappa shape index (κ1) is 13.8. The number of thiocarbonyl (C=S) groups is 1. The van der Waals surface area contributed by atoms with Crippen LogP contribution in [0.4, 0.5) is 0 Å². The molecule has 1 aliphatic rings. The molecule has 0 aromatic carbocycles. The van der Waals surface area contributed by atoms with Crippen LogP contribution in [0.1, 0.15) is 19.8 Å². The Hall–Kier alpha value is -1.30. The van der Waals surface area contributed by atoms with Crippen molar-refractivity contribution in [3.8, 4) is 0 Å². The van der Waals surface area contributed by atoms with Gasteiger partial charge in [-0.3, -0.25) is 0 Å². The number of rotatable bonds is 4. The standard InChI is InChI=1S/C11H19N3O2S/c1-3-16-11(15)8(10(17)13-2)9(12)14-6-4-5-7-14/h3-7,12H2,1-2H3,(H,13,17). The molecule has 0 bridgehead atoms. The lowest BCUT2D eigenvalue weighted by Gasteiger charge is -2.21. The molecule has 0 aromatic heterocycles. The van der Waals surface area contributed by atoms with E-state index in [-0.39, 0.29) is 5.57 Å². The Balaban J connectivity index is 2.97. The van der Waals surface area contributed by atoms with Crippen molar-refractivity contribution in [3.05, 3.63) is 11.4 Å². The van der Waals surface area contributed by atoms with Crippen LogP contribution < -0.4 is 11.1 Å². The maximum Gasteiger partial charge on any atom is 0.344 e. The van der Waals surface area contributed by atoms with Crippen molar-refractivity contribution in [2.75, 3.05) is 26.7 Å². The first-order valence-electron chi connectivity index (χ1n) is 5.75. The number of esters is 1. The first-order valence-corrected chi connectivity index (χ1v) is 6.16. The zero-order valence-corrected chi connectivity index (χ0v) is 11.1. The van der Waals surface area contributed by atoms with E-state index in [0.29, 0.717) is 17.4 Å². The van der Waals surface area contributed by atoms with E-state index in [2.05, 4.69) is 5.32 Å². The largest absolute Gasteiger partial charge is 0.462 e. The Labute approximate surface area is 107 Å². The van der Waals surface area contributed by atoms with Crippen LogP contribution in [0.15, 0.2) is 11.4 Å². The number of nitrogens with zero attached hydrogens (tertiary/aromatic N) is 1. The van der Waals surface area contributed by atoms with E-state index < -0.39 is 5.97 Å². The third-order valence-corrected chi connectivity index (χ3v) is 3.04. The Bertz CT molecular complexity index is 336. The third kappa shape index (κ3) is 3.33. The Morgan fingerprint density at radius 2 is 2.06 bits per heavy atom. The Morgan fingerprint density at radius 1 is 1.47 bits per heavy atom. The molecular weight excluding hydrogens is 238 g/mol. The molecule has 17 heavy (non-hydrogen) atoms. The predicted octanol–water partition coefficient (Wildman–Crippen LogP) is 0.362. The van der Waals surface area contributed by atoms with E-state index in [1.807, 2.05) is 4.90 Å². The summed E-state index contributed by atoms with van der Waals surface area (Å²) in [4.78, 5) is 14.1. The smallest absolute Gasteiger partial charge is 0.344 e. The zero-order valence-electron chi connectivity index (χ0n) is 10.3. The first-order chi connectivity index (χ1) is 8.11. The van der Waals surface area contributed by atoms with Gasteiger partial charge in [-0.05, 0) is 19.8 Å². The highest BCUT2D eigenvalue weighted by Gasteiger charge is 2.24. The molecule has 1 heterocycles. The number of nitrogens with one attached hydrogen (secondary N) is 1. The summed E-state index contributed by atoms with van der Waals surface area (Å²) in [6.45, 7) is 3.79. The van der Waals surface area contributed by atoms with E-state index in [9.17, 15) is 4.79 Å². The van der Waals surface area contributed by atoms with Gasteiger partial charge in [-0.2, -0.15) is 0 Å². The van der Waals surface area contributed by atoms with Crippen molar-refractivity contribution in [3.63, 3.8) is 0 Å². The molecule has 5 nitrogen and oxygen atoms in total. The minimum absolute atomic E-state index is 0.270. The Kier molecular flexibility index (Phi) is 5.21. The van der Waals surface area contributed by atoms with Crippen LogP contribution in [0.3, 0.4) is 0 Å².